The van der Waals surface area contributed by atoms with Crippen molar-refractivity contribution in [1.29, 1.82) is 0 Å². The first-order valence-corrected chi connectivity index (χ1v) is 5.98. The largest absolute Gasteiger partial charge is 0.481 e. The number of thiol groups is 1. The second-order valence-electron chi connectivity index (χ2n) is 3.93. The van der Waals surface area contributed by atoms with Crippen LogP contribution in [0.2, 0.25) is 0 Å². The number of aromatic amines is 1. The van der Waals surface area contributed by atoms with Crippen LogP contribution in [0.3, 0.4) is 0 Å². The minimum absolute atomic E-state index is 0.202. The number of hydrogen-bond acceptors (Lipinski definition) is 3. The summed E-state index contributed by atoms with van der Waals surface area (Å²) in [6.45, 7) is 4.05. The number of aliphatic carboxylic acids is 1. The zero-order chi connectivity index (χ0) is 12.1. The number of carboxylic acids is 1. The molecule has 0 aromatic carbocycles. The van der Waals surface area contributed by atoms with E-state index in [1.807, 2.05) is 13.8 Å². The third kappa shape index (κ3) is 3.01. The van der Waals surface area contributed by atoms with Gasteiger partial charge in [0.2, 0.25) is 0 Å². The van der Waals surface area contributed by atoms with E-state index in [-0.39, 0.29) is 11.8 Å². The average molecular weight is 242 g/mol. The topological polar surface area (TPSA) is 66.0 Å². The van der Waals surface area contributed by atoms with Gasteiger partial charge in [-0.3, -0.25) is 4.79 Å². The predicted octanol–water partition coefficient (Wildman–Crippen LogP) is 2.38. The van der Waals surface area contributed by atoms with Crippen molar-refractivity contribution in [2.45, 2.75) is 38.1 Å². The fraction of sp³-hybridized carbons (Fsp3) is 0.636. The highest BCUT2D eigenvalue weighted by Crippen LogP contribution is 2.25. The van der Waals surface area contributed by atoms with Crippen molar-refractivity contribution in [1.82, 2.24) is 9.97 Å². The number of rotatable bonds is 6. The highest BCUT2D eigenvalue weighted by molar-refractivity contribution is 7.80. The fourth-order valence-corrected chi connectivity index (χ4v) is 2.21. The minimum atomic E-state index is -0.740. The molecule has 0 aliphatic rings. The second kappa shape index (κ2) is 5.94. The molecule has 0 bridgehead atoms. The lowest BCUT2D eigenvalue weighted by atomic mass is 9.85. The van der Waals surface area contributed by atoms with Crippen molar-refractivity contribution < 1.29 is 9.90 Å². The molecule has 16 heavy (non-hydrogen) atoms. The Morgan fingerprint density at radius 1 is 1.56 bits per heavy atom. The van der Waals surface area contributed by atoms with Gasteiger partial charge in [0, 0.05) is 12.1 Å². The number of imidazole rings is 1. The Bertz CT molecular complexity index is 348. The predicted molar refractivity (Wildman–Crippen MR) is 64.7 cm³/mol. The van der Waals surface area contributed by atoms with Crippen molar-refractivity contribution in [3.63, 3.8) is 0 Å². The van der Waals surface area contributed by atoms with Gasteiger partial charge in [0.05, 0.1) is 12.2 Å². The van der Waals surface area contributed by atoms with E-state index >= 15 is 0 Å². The maximum Gasteiger partial charge on any atom is 0.307 e. The molecule has 2 N–H and O–H groups in total. The molecule has 4 nitrogen and oxygen atoms in total. The van der Waals surface area contributed by atoms with E-state index in [2.05, 4.69) is 22.6 Å². The lowest BCUT2D eigenvalue weighted by Gasteiger charge is -2.20. The Labute approximate surface area is 101 Å². The van der Waals surface area contributed by atoms with Gasteiger partial charge in [0.25, 0.3) is 0 Å². The van der Waals surface area contributed by atoms with E-state index in [1.54, 1.807) is 6.33 Å². The standard InChI is InChI=1S/C11H18N2O2S/c1-3-7(4-2)8(11(14)15)5-9-10(16)13-6-12-9/h6-8,16H,3-5H2,1-2H3,(H,12,13)(H,14,15)/t8-/m1/s1. The van der Waals surface area contributed by atoms with Gasteiger partial charge in [-0.25, -0.2) is 4.98 Å². The van der Waals surface area contributed by atoms with Gasteiger partial charge in [-0.15, -0.1) is 12.6 Å². The zero-order valence-electron chi connectivity index (χ0n) is 9.60. The molecule has 5 heteroatoms. The van der Waals surface area contributed by atoms with E-state index in [0.717, 1.165) is 18.5 Å². The van der Waals surface area contributed by atoms with Crippen LogP contribution in [0.25, 0.3) is 0 Å². The first kappa shape index (κ1) is 13.1. The lowest BCUT2D eigenvalue weighted by molar-refractivity contribution is -0.143. The number of carbonyl (C=O) groups is 1. The summed E-state index contributed by atoms with van der Waals surface area (Å²) < 4.78 is 0. The van der Waals surface area contributed by atoms with Crippen LogP contribution in [0, 0.1) is 11.8 Å². The van der Waals surface area contributed by atoms with Crippen molar-refractivity contribution in [2.75, 3.05) is 0 Å². The summed E-state index contributed by atoms with van der Waals surface area (Å²) in [6.07, 6.45) is 3.77. The molecule has 0 aliphatic heterocycles. The number of hydrogen-bond donors (Lipinski definition) is 3. The SMILES string of the molecule is CCC(CC)[C@@H](Cc1[nH]cnc1S)C(=O)O. The Morgan fingerprint density at radius 3 is 2.56 bits per heavy atom. The third-order valence-corrected chi connectivity index (χ3v) is 3.44. The van der Waals surface area contributed by atoms with Crippen LogP contribution in [0.1, 0.15) is 32.4 Å². The molecule has 0 saturated heterocycles. The molecule has 0 amide bonds. The smallest absolute Gasteiger partial charge is 0.307 e. The first-order chi connectivity index (χ1) is 7.60. The van der Waals surface area contributed by atoms with Crippen molar-refractivity contribution >= 4 is 18.6 Å². The minimum Gasteiger partial charge on any atom is -0.481 e. The summed E-state index contributed by atoms with van der Waals surface area (Å²) in [5.74, 6) is -0.897. The molecule has 1 aromatic rings. The number of H-pyrrole nitrogens is 1. The summed E-state index contributed by atoms with van der Waals surface area (Å²) >= 11 is 4.18. The van der Waals surface area contributed by atoms with E-state index in [0.29, 0.717) is 11.4 Å². The molecule has 0 spiro atoms. The molecule has 0 aliphatic carbocycles. The van der Waals surface area contributed by atoms with Crippen molar-refractivity contribution in [2.24, 2.45) is 11.8 Å². The molecule has 0 saturated carbocycles. The van der Waals surface area contributed by atoms with Gasteiger partial charge in [-0.1, -0.05) is 26.7 Å². The molecule has 90 valence electrons. The highest BCUT2D eigenvalue weighted by atomic mass is 32.1. The van der Waals surface area contributed by atoms with Crippen LogP contribution in [0.5, 0.6) is 0 Å². The quantitative estimate of drug-likeness (QED) is 0.671. The van der Waals surface area contributed by atoms with E-state index < -0.39 is 5.97 Å². The van der Waals surface area contributed by atoms with Crippen LogP contribution >= 0.6 is 12.6 Å². The summed E-state index contributed by atoms with van der Waals surface area (Å²) in [4.78, 5) is 18.1. The Hall–Kier alpha value is -0.970. The van der Waals surface area contributed by atoms with Crippen molar-refractivity contribution in [3.8, 4) is 0 Å². The lowest BCUT2D eigenvalue weighted by Crippen LogP contribution is -2.25. The van der Waals surface area contributed by atoms with Gasteiger partial charge < -0.3 is 10.1 Å². The molecule has 0 fully saturated rings. The van der Waals surface area contributed by atoms with Crippen LogP contribution < -0.4 is 0 Å². The maximum atomic E-state index is 11.2. The molecule has 1 heterocycles. The Kier molecular flexibility index (Phi) is 4.86. The van der Waals surface area contributed by atoms with Crippen LogP contribution in [-0.4, -0.2) is 21.0 Å². The van der Waals surface area contributed by atoms with Crippen molar-refractivity contribution in [3.05, 3.63) is 12.0 Å². The van der Waals surface area contributed by atoms with Gasteiger partial charge in [0.15, 0.2) is 0 Å². The fourth-order valence-electron chi connectivity index (χ4n) is 2.00. The summed E-state index contributed by atoms with van der Waals surface area (Å²) in [7, 11) is 0. The van der Waals surface area contributed by atoms with Gasteiger partial charge in [0.1, 0.15) is 5.03 Å². The molecule has 0 unspecified atom stereocenters. The number of nitrogens with zero attached hydrogens (tertiary/aromatic N) is 1. The van der Waals surface area contributed by atoms with Gasteiger partial charge >= 0.3 is 5.97 Å². The Morgan fingerprint density at radius 2 is 2.19 bits per heavy atom. The number of nitrogens with one attached hydrogen (secondary N) is 1. The highest BCUT2D eigenvalue weighted by Gasteiger charge is 2.26. The molecule has 1 rings (SSSR count). The van der Waals surface area contributed by atoms with Crippen LogP contribution in [0.4, 0.5) is 0 Å². The van der Waals surface area contributed by atoms with E-state index in [1.165, 1.54) is 0 Å². The summed E-state index contributed by atoms with van der Waals surface area (Å²) in [6, 6.07) is 0. The molecule has 1 atom stereocenters. The normalized spacial score (nSPS) is 13.0. The first-order valence-electron chi connectivity index (χ1n) is 5.54. The monoisotopic (exact) mass is 242 g/mol. The molecule has 1 aromatic heterocycles. The van der Waals surface area contributed by atoms with E-state index in [9.17, 15) is 9.90 Å². The van der Waals surface area contributed by atoms with Crippen LogP contribution in [0.15, 0.2) is 11.4 Å². The molecular formula is C11H18N2O2S. The van der Waals surface area contributed by atoms with Crippen LogP contribution in [-0.2, 0) is 11.2 Å². The second-order valence-corrected chi connectivity index (χ2v) is 4.35. The summed E-state index contributed by atoms with van der Waals surface area (Å²) in [5.41, 5.74) is 0.808. The Balaban J connectivity index is 2.80. The number of carboxylic acid groups (broad SMARTS) is 1. The number of aromatic nitrogens is 2. The third-order valence-electron chi connectivity index (χ3n) is 3.05. The van der Waals surface area contributed by atoms with Gasteiger partial charge in [-0.2, -0.15) is 0 Å². The summed E-state index contributed by atoms with van der Waals surface area (Å²) in [5, 5.41) is 9.83. The van der Waals surface area contributed by atoms with Gasteiger partial charge in [-0.05, 0) is 5.92 Å². The zero-order valence-corrected chi connectivity index (χ0v) is 10.5. The van der Waals surface area contributed by atoms with E-state index in [4.69, 9.17) is 0 Å². The molecule has 0 radical (unpaired) electrons. The average Bonchev–Trinajstić information content (AvgIpc) is 2.64. The molecular weight excluding hydrogens is 224 g/mol. The maximum absolute atomic E-state index is 11.2.